The minimum absolute atomic E-state index is 0.152. The van der Waals surface area contributed by atoms with Crippen LogP contribution in [-0.4, -0.2) is 36.0 Å². The highest BCUT2D eigenvalue weighted by Crippen LogP contribution is 2.25. The van der Waals surface area contributed by atoms with Crippen LogP contribution in [0.25, 0.3) is 0 Å². The van der Waals surface area contributed by atoms with Gasteiger partial charge in [-0.1, -0.05) is 6.92 Å². The Morgan fingerprint density at radius 1 is 1.47 bits per heavy atom. The average molecular weight is 242 g/mol. The quantitative estimate of drug-likeness (QED) is 0.562. The summed E-state index contributed by atoms with van der Waals surface area (Å²) in [7, 11) is 1.18. The summed E-state index contributed by atoms with van der Waals surface area (Å²) in [5, 5.41) is 9.67. The van der Waals surface area contributed by atoms with Gasteiger partial charge in [0.05, 0.1) is 13.5 Å². The van der Waals surface area contributed by atoms with Gasteiger partial charge in [-0.05, 0) is 6.42 Å². The smallest absolute Gasteiger partial charge is 0.346 e. The van der Waals surface area contributed by atoms with Crippen molar-refractivity contribution in [2.75, 3.05) is 7.11 Å². The van der Waals surface area contributed by atoms with Crippen LogP contribution < -0.4 is 0 Å². The number of aliphatic hydroxyl groups excluding tert-OH is 1. The normalized spacial score (nSPS) is 19.2. The van der Waals surface area contributed by atoms with Crippen molar-refractivity contribution in [3.8, 4) is 0 Å². The van der Waals surface area contributed by atoms with Gasteiger partial charge in [0.2, 0.25) is 0 Å². The van der Waals surface area contributed by atoms with Crippen LogP contribution in [0, 0.1) is 0 Å². The van der Waals surface area contributed by atoms with Crippen molar-refractivity contribution in [2.24, 2.45) is 0 Å². The zero-order valence-electron chi connectivity index (χ0n) is 9.69. The maximum absolute atomic E-state index is 11.5. The van der Waals surface area contributed by atoms with Gasteiger partial charge in [-0.3, -0.25) is 9.59 Å². The van der Waals surface area contributed by atoms with Gasteiger partial charge in [-0.25, -0.2) is 4.79 Å². The van der Waals surface area contributed by atoms with Crippen LogP contribution in [0.5, 0.6) is 0 Å². The molecule has 1 rings (SSSR count). The van der Waals surface area contributed by atoms with Gasteiger partial charge < -0.3 is 14.6 Å². The molecule has 0 aromatic heterocycles. The van der Waals surface area contributed by atoms with Crippen LogP contribution in [0.1, 0.15) is 26.2 Å². The molecule has 6 nitrogen and oxygen atoms in total. The van der Waals surface area contributed by atoms with E-state index in [0.29, 0.717) is 6.42 Å². The van der Waals surface area contributed by atoms with Gasteiger partial charge in [0, 0.05) is 6.42 Å². The Labute approximate surface area is 98.2 Å². The SMILES string of the molecule is CCCC(=O)C1=C(O)C(CC(=O)OC)OC1=O. The van der Waals surface area contributed by atoms with E-state index in [2.05, 4.69) is 4.74 Å². The van der Waals surface area contributed by atoms with E-state index in [0.717, 1.165) is 0 Å². The Morgan fingerprint density at radius 2 is 2.12 bits per heavy atom. The fraction of sp³-hybridized carbons (Fsp3) is 0.545. The lowest BCUT2D eigenvalue weighted by atomic mass is 10.1. The minimum Gasteiger partial charge on any atom is -0.507 e. The summed E-state index contributed by atoms with van der Waals surface area (Å²) in [5.41, 5.74) is -0.347. The van der Waals surface area contributed by atoms with E-state index < -0.39 is 29.6 Å². The third-order valence-corrected chi connectivity index (χ3v) is 2.35. The molecule has 1 atom stereocenters. The molecular formula is C11H14O6. The molecule has 1 aliphatic rings. The van der Waals surface area contributed by atoms with E-state index in [4.69, 9.17) is 4.74 Å². The van der Waals surface area contributed by atoms with Crippen molar-refractivity contribution in [3.63, 3.8) is 0 Å². The molecule has 1 unspecified atom stereocenters. The molecule has 0 amide bonds. The molecule has 0 saturated carbocycles. The summed E-state index contributed by atoms with van der Waals surface area (Å²) in [4.78, 5) is 33.9. The number of hydrogen-bond acceptors (Lipinski definition) is 6. The first-order chi connectivity index (χ1) is 8.01. The lowest BCUT2D eigenvalue weighted by Crippen LogP contribution is -2.17. The highest BCUT2D eigenvalue weighted by molar-refractivity contribution is 6.19. The number of carbonyl (C=O) groups is 3. The number of ether oxygens (including phenoxy) is 2. The Kier molecular flexibility index (Phi) is 4.25. The molecule has 0 bridgehead atoms. The molecule has 0 fully saturated rings. The average Bonchev–Trinajstić information content (AvgIpc) is 2.54. The van der Waals surface area contributed by atoms with E-state index in [-0.39, 0.29) is 18.4 Å². The summed E-state index contributed by atoms with van der Waals surface area (Å²) in [6, 6.07) is 0. The van der Waals surface area contributed by atoms with Crippen molar-refractivity contribution in [1.82, 2.24) is 0 Å². The molecule has 0 spiro atoms. The summed E-state index contributed by atoms with van der Waals surface area (Å²) in [6.07, 6.45) is -0.688. The minimum atomic E-state index is -1.11. The number of aliphatic hydroxyl groups is 1. The van der Waals surface area contributed by atoms with Crippen molar-refractivity contribution >= 4 is 17.7 Å². The van der Waals surface area contributed by atoms with E-state index in [9.17, 15) is 19.5 Å². The summed E-state index contributed by atoms with van der Waals surface area (Å²) >= 11 is 0. The first-order valence-corrected chi connectivity index (χ1v) is 5.25. The highest BCUT2D eigenvalue weighted by Gasteiger charge is 2.38. The molecule has 17 heavy (non-hydrogen) atoms. The van der Waals surface area contributed by atoms with Crippen molar-refractivity contribution in [3.05, 3.63) is 11.3 Å². The molecule has 6 heteroatoms. The van der Waals surface area contributed by atoms with Crippen LogP contribution in [-0.2, 0) is 23.9 Å². The Hall–Kier alpha value is -1.85. The van der Waals surface area contributed by atoms with E-state index in [1.807, 2.05) is 0 Å². The molecular weight excluding hydrogens is 228 g/mol. The maximum Gasteiger partial charge on any atom is 0.346 e. The molecule has 0 aromatic carbocycles. The van der Waals surface area contributed by atoms with Gasteiger partial charge in [0.1, 0.15) is 5.57 Å². The molecule has 94 valence electrons. The number of cyclic esters (lactones) is 1. The van der Waals surface area contributed by atoms with Crippen molar-refractivity contribution < 1.29 is 29.0 Å². The van der Waals surface area contributed by atoms with Gasteiger partial charge in [0.25, 0.3) is 0 Å². The second kappa shape index (κ2) is 5.47. The molecule has 0 aliphatic carbocycles. The second-order valence-corrected chi connectivity index (χ2v) is 3.61. The standard InChI is InChI=1S/C11H14O6/c1-3-4-6(12)9-10(14)7(17-11(9)15)5-8(13)16-2/h7,14H,3-5H2,1-2H3. The number of hydrogen-bond donors (Lipinski definition) is 1. The Balaban J connectivity index is 2.84. The summed E-state index contributed by atoms with van der Waals surface area (Å²) < 4.78 is 9.13. The molecule has 0 aromatic rings. The second-order valence-electron chi connectivity index (χ2n) is 3.61. The van der Waals surface area contributed by atoms with Crippen molar-refractivity contribution in [2.45, 2.75) is 32.3 Å². The lowest BCUT2D eigenvalue weighted by Gasteiger charge is -2.07. The van der Waals surface area contributed by atoms with E-state index in [1.165, 1.54) is 7.11 Å². The van der Waals surface area contributed by atoms with Crippen LogP contribution in [0.3, 0.4) is 0 Å². The van der Waals surface area contributed by atoms with E-state index in [1.54, 1.807) is 6.92 Å². The number of Topliss-reactive ketones (excluding diaryl/α,β-unsaturated/α-hetero) is 1. The zero-order valence-corrected chi connectivity index (χ0v) is 9.69. The largest absolute Gasteiger partial charge is 0.507 e. The number of rotatable bonds is 5. The predicted octanol–water partition coefficient (Wildman–Crippen LogP) is 0.656. The molecule has 0 saturated heterocycles. The number of methoxy groups -OCH3 is 1. The van der Waals surface area contributed by atoms with Gasteiger partial charge >= 0.3 is 11.9 Å². The van der Waals surface area contributed by atoms with Crippen LogP contribution >= 0.6 is 0 Å². The number of esters is 2. The first kappa shape index (κ1) is 13.2. The third kappa shape index (κ3) is 2.83. The lowest BCUT2D eigenvalue weighted by molar-refractivity contribution is -0.147. The topological polar surface area (TPSA) is 89.9 Å². The van der Waals surface area contributed by atoms with Gasteiger partial charge in [-0.15, -0.1) is 0 Å². The zero-order chi connectivity index (χ0) is 13.0. The van der Waals surface area contributed by atoms with Crippen molar-refractivity contribution in [1.29, 1.82) is 0 Å². The van der Waals surface area contributed by atoms with Gasteiger partial charge in [0.15, 0.2) is 17.6 Å². The van der Waals surface area contributed by atoms with E-state index >= 15 is 0 Å². The maximum atomic E-state index is 11.5. The Morgan fingerprint density at radius 3 is 2.65 bits per heavy atom. The fourth-order valence-corrected chi connectivity index (χ4v) is 1.49. The summed E-state index contributed by atoms with van der Waals surface area (Å²) in [6.45, 7) is 1.78. The first-order valence-electron chi connectivity index (χ1n) is 5.25. The monoisotopic (exact) mass is 242 g/mol. The van der Waals surface area contributed by atoms with Crippen LogP contribution in [0.4, 0.5) is 0 Å². The fourth-order valence-electron chi connectivity index (χ4n) is 1.49. The Bertz CT molecular complexity index is 381. The third-order valence-electron chi connectivity index (χ3n) is 2.35. The summed E-state index contributed by atoms with van der Waals surface area (Å²) in [5.74, 6) is -2.45. The molecule has 0 radical (unpaired) electrons. The molecule has 1 heterocycles. The highest BCUT2D eigenvalue weighted by atomic mass is 16.6. The van der Waals surface area contributed by atoms with Crippen LogP contribution in [0.15, 0.2) is 11.3 Å². The van der Waals surface area contributed by atoms with Gasteiger partial charge in [-0.2, -0.15) is 0 Å². The number of ketones is 1. The molecule has 1 aliphatic heterocycles. The number of carbonyl (C=O) groups excluding carboxylic acids is 3. The van der Waals surface area contributed by atoms with Crippen LogP contribution in [0.2, 0.25) is 0 Å². The predicted molar refractivity (Wildman–Crippen MR) is 56.1 cm³/mol. The molecule has 1 N–H and O–H groups in total.